The lowest BCUT2D eigenvalue weighted by atomic mass is 9.91. The van der Waals surface area contributed by atoms with Gasteiger partial charge in [-0.3, -0.25) is 24.8 Å². The number of amides is 5. The first-order valence-corrected chi connectivity index (χ1v) is 19.3. The Bertz CT molecular complexity index is 1600. The van der Waals surface area contributed by atoms with Crippen molar-refractivity contribution in [1.29, 1.82) is 0 Å². The summed E-state index contributed by atoms with van der Waals surface area (Å²) >= 11 is 5.97. The number of benzene rings is 2. The summed E-state index contributed by atoms with van der Waals surface area (Å²) in [5.41, 5.74) is 12.8. The molecule has 2 fully saturated rings. The number of piperidine rings is 2. The molecular formula is C39H56ClN7O6. The third-order valence-electron chi connectivity index (χ3n) is 10.4. The van der Waals surface area contributed by atoms with Crippen LogP contribution in [0, 0.1) is 11.8 Å². The van der Waals surface area contributed by atoms with Gasteiger partial charge in [0, 0.05) is 80.2 Å². The Morgan fingerprint density at radius 3 is 2.04 bits per heavy atom. The van der Waals surface area contributed by atoms with Gasteiger partial charge in [0.25, 0.3) is 0 Å². The van der Waals surface area contributed by atoms with Crippen LogP contribution in [-0.4, -0.2) is 81.7 Å². The van der Waals surface area contributed by atoms with Gasteiger partial charge in [0.1, 0.15) is 0 Å². The highest BCUT2D eigenvalue weighted by Crippen LogP contribution is 2.26. The number of aromatic amines is 1. The molecule has 3 heterocycles. The quantitative estimate of drug-likeness (QED) is 0.0576. The highest BCUT2D eigenvalue weighted by molar-refractivity contribution is 6.30. The number of rotatable bonds is 15. The average molecular weight is 754 g/mol. The second-order valence-corrected chi connectivity index (χ2v) is 14.6. The zero-order valence-electron chi connectivity index (χ0n) is 30.5. The van der Waals surface area contributed by atoms with Crippen LogP contribution >= 0.6 is 11.6 Å². The fourth-order valence-electron chi connectivity index (χ4n) is 7.21. The molecule has 0 bridgehead atoms. The molecule has 13 nitrogen and oxygen atoms in total. The van der Waals surface area contributed by atoms with E-state index in [1.165, 1.54) is 10.9 Å². The van der Waals surface area contributed by atoms with Crippen molar-refractivity contribution in [3.05, 3.63) is 70.9 Å². The van der Waals surface area contributed by atoms with Gasteiger partial charge in [-0.2, -0.15) is 0 Å². The van der Waals surface area contributed by atoms with Crippen molar-refractivity contribution >= 4 is 46.3 Å². The Morgan fingerprint density at radius 1 is 0.830 bits per heavy atom. The Balaban J connectivity index is 0.000000238. The normalized spacial score (nSPS) is 15.7. The number of halogens is 1. The van der Waals surface area contributed by atoms with Crippen LogP contribution in [0.4, 0.5) is 4.79 Å². The Hall–Kier alpha value is -4.17. The minimum atomic E-state index is -0.346. The minimum Gasteiger partial charge on any atom is -0.361 e. The number of urea groups is 1. The van der Waals surface area contributed by atoms with Crippen LogP contribution in [0.5, 0.6) is 0 Å². The number of nitrogens with one attached hydrogen (secondary N) is 4. The van der Waals surface area contributed by atoms with E-state index in [1.807, 2.05) is 34.1 Å². The van der Waals surface area contributed by atoms with Gasteiger partial charge in [-0.05, 0) is 105 Å². The maximum Gasteiger partial charge on any atom is 0.317 e. The monoisotopic (exact) mass is 753 g/mol. The molecule has 1 aromatic heterocycles. The average Bonchev–Trinajstić information content (AvgIpc) is 3.60. The lowest BCUT2D eigenvalue weighted by Crippen LogP contribution is -2.44. The number of hydroxylamine groups is 2. The molecule has 0 spiro atoms. The van der Waals surface area contributed by atoms with E-state index in [0.29, 0.717) is 36.2 Å². The molecule has 0 aliphatic carbocycles. The number of likely N-dealkylation sites (tertiary alicyclic amines) is 2. The Labute approximate surface area is 316 Å². The van der Waals surface area contributed by atoms with Gasteiger partial charge in [-0.15, -0.1) is 0 Å². The van der Waals surface area contributed by atoms with E-state index in [2.05, 4.69) is 28.6 Å². The second-order valence-electron chi connectivity index (χ2n) is 14.2. The molecule has 290 valence electrons. The van der Waals surface area contributed by atoms with Crippen molar-refractivity contribution in [2.75, 3.05) is 32.7 Å². The molecule has 3 aromatic rings. The summed E-state index contributed by atoms with van der Waals surface area (Å²) in [5, 5.41) is 21.9. The van der Waals surface area contributed by atoms with E-state index in [0.717, 1.165) is 101 Å². The van der Waals surface area contributed by atoms with E-state index in [4.69, 9.17) is 27.7 Å². The van der Waals surface area contributed by atoms with E-state index >= 15 is 0 Å². The first-order valence-electron chi connectivity index (χ1n) is 18.9. The number of hydrogen-bond donors (Lipinski definition) is 7. The summed E-state index contributed by atoms with van der Waals surface area (Å²) in [6.07, 6.45) is 12.2. The molecule has 5 rings (SSSR count). The van der Waals surface area contributed by atoms with Gasteiger partial charge in [-0.25, -0.2) is 15.8 Å². The fraction of sp³-hybridized carbons (Fsp3) is 0.538. The third kappa shape index (κ3) is 14.0. The minimum absolute atomic E-state index is 0.0250. The molecule has 2 aliphatic heterocycles. The molecule has 0 saturated carbocycles. The molecule has 5 amide bonds. The molecule has 2 aromatic carbocycles. The number of carbonyl (C=O) groups excluding carboxylic acids is 4. The first kappa shape index (κ1) is 41.6. The smallest absolute Gasteiger partial charge is 0.317 e. The molecule has 2 saturated heterocycles. The lowest BCUT2D eigenvalue weighted by Gasteiger charge is -2.32. The van der Waals surface area contributed by atoms with E-state index < -0.39 is 0 Å². The molecule has 8 N–H and O–H groups in total. The summed E-state index contributed by atoms with van der Waals surface area (Å²) < 4.78 is 0. The van der Waals surface area contributed by atoms with Crippen molar-refractivity contribution in [3.8, 4) is 0 Å². The number of aryl methyl sites for hydroxylation is 1. The number of aromatic nitrogens is 1. The van der Waals surface area contributed by atoms with Crippen LogP contribution < -0.4 is 22.0 Å². The van der Waals surface area contributed by atoms with Crippen LogP contribution in [0.15, 0.2) is 54.7 Å². The number of fused-ring (bicyclic) bond motifs is 1. The summed E-state index contributed by atoms with van der Waals surface area (Å²) in [7, 11) is 0. The van der Waals surface area contributed by atoms with Gasteiger partial charge >= 0.3 is 6.03 Å². The number of nitrogens with zero attached hydrogens (tertiary/aromatic N) is 2. The Morgan fingerprint density at radius 2 is 1.43 bits per heavy atom. The molecule has 2 aliphatic rings. The highest BCUT2D eigenvalue weighted by atomic mass is 35.5. The van der Waals surface area contributed by atoms with Crippen molar-refractivity contribution in [1.82, 2.24) is 31.1 Å². The predicted octanol–water partition coefficient (Wildman–Crippen LogP) is 5.84. The van der Waals surface area contributed by atoms with Gasteiger partial charge in [0.2, 0.25) is 17.7 Å². The number of nitrogens with two attached hydrogens (primary N) is 1. The predicted molar refractivity (Wildman–Crippen MR) is 204 cm³/mol. The van der Waals surface area contributed by atoms with Crippen molar-refractivity contribution in [3.63, 3.8) is 0 Å². The molecule has 53 heavy (non-hydrogen) atoms. The van der Waals surface area contributed by atoms with E-state index in [9.17, 15) is 19.2 Å². The topological polar surface area (TPSA) is 193 Å². The fourth-order valence-corrected chi connectivity index (χ4v) is 7.41. The zero-order chi connectivity index (χ0) is 38.0. The number of H-pyrrole nitrogens is 1. The van der Waals surface area contributed by atoms with Gasteiger partial charge in [0.05, 0.1) is 0 Å². The molecule has 1 atom stereocenters. The maximum atomic E-state index is 12.4. The van der Waals surface area contributed by atoms with Crippen LogP contribution in [0.25, 0.3) is 10.9 Å². The summed E-state index contributed by atoms with van der Waals surface area (Å²) in [6, 6.07) is 15.3. The standard InChI is InChI=1S/C21H30N4O3.C18H26ClN3O3/c26-20(24-28)9-3-5-16-10-13-25(14-11-16)21(27)22-12-4-6-17-15-23-19-8-2-1-7-18(17)19;19-15-5-2-4-14(11-15)16(20)12-18(24)22-9-7-13(8-10-22)3-1-6-17(23)21-25/h1-2,7-8,15-16,23,28H,3-6,9-14H2,(H,22,27)(H,24,26);2,4-5,11,13,16,25H,1,3,6-10,12,20H2,(H,21,23)/t;16-/m.0/s1. The second kappa shape index (κ2) is 22.1. The van der Waals surface area contributed by atoms with Gasteiger partial charge in [-0.1, -0.05) is 41.9 Å². The molecule has 0 unspecified atom stereocenters. The molecular weight excluding hydrogens is 698 g/mol. The summed E-state index contributed by atoms with van der Waals surface area (Å²) in [4.78, 5) is 53.9. The number of para-hydroxylation sites is 1. The highest BCUT2D eigenvalue weighted by Gasteiger charge is 2.25. The van der Waals surface area contributed by atoms with Crippen LogP contribution in [-0.2, 0) is 20.8 Å². The first-order chi connectivity index (χ1) is 25.7. The van der Waals surface area contributed by atoms with E-state index in [1.54, 1.807) is 23.1 Å². The SMILES string of the molecule is N[C@@H](CC(=O)N1CCC(CCCC(=O)NO)CC1)c1cccc(Cl)c1.O=C(CCCC1CCN(C(=O)NCCCc2c[nH]c3ccccc23)CC1)NO. The van der Waals surface area contributed by atoms with Crippen LogP contribution in [0.1, 0.15) is 94.2 Å². The van der Waals surface area contributed by atoms with Crippen LogP contribution in [0.2, 0.25) is 5.02 Å². The molecule has 0 radical (unpaired) electrons. The molecule has 14 heteroatoms. The number of hydrogen-bond acceptors (Lipinski definition) is 7. The van der Waals surface area contributed by atoms with Crippen LogP contribution in [0.3, 0.4) is 0 Å². The Kier molecular flexibility index (Phi) is 17.4. The summed E-state index contributed by atoms with van der Waals surface area (Å²) in [6.45, 7) is 3.68. The number of carbonyl (C=O) groups is 4. The summed E-state index contributed by atoms with van der Waals surface area (Å²) in [5.74, 6) is 0.479. The van der Waals surface area contributed by atoms with Crippen molar-refractivity contribution in [2.24, 2.45) is 17.6 Å². The zero-order valence-corrected chi connectivity index (χ0v) is 31.3. The van der Waals surface area contributed by atoms with Gasteiger partial charge < -0.3 is 25.8 Å². The van der Waals surface area contributed by atoms with Crippen molar-refractivity contribution in [2.45, 2.75) is 89.5 Å². The van der Waals surface area contributed by atoms with E-state index in [-0.39, 0.29) is 36.2 Å². The lowest BCUT2D eigenvalue weighted by molar-refractivity contribution is -0.133. The third-order valence-corrected chi connectivity index (χ3v) is 10.6. The van der Waals surface area contributed by atoms with Gasteiger partial charge in [0.15, 0.2) is 0 Å². The maximum absolute atomic E-state index is 12.4. The van der Waals surface area contributed by atoms with Crippen molar-refractivity contribution < 1.29 is 29.6 Å². The largest absolute Gasteiger partial charge is 0.361 e.